The highest BCUT2D eigenvalue weighted by molar-refractivity contribution is 14.1. The van der Waals surface area contributed by atoms with Gasteiger partial charge in [-0.25, -0.2) is 0 Å². The summed E-state index contributed by atoms with van der Waals surface area (Å²) in [6.45, 7) is 0. The van der Waals surface area contributed by atoms with Gasteiger partial charge < -0.3 is 0 Å². The molecule has 0 amide bonds. The summed E-state index contributed by atoms with van der Waals surface area (Å²) in [4.78, 5) is 0. The molecule has 0 spiro atoms. The lowest BCUT2D eigenvalue weighted by atomic mass is 9.53. The van der Waals surface area contributed by atoms with Crippen LogP contribution in [0.5, 0.6) is 0 Å². The third-order valence-electron chi connectivity index (χ3n) is 6.57. The van der Waals surface area contributed by atoms with Crippen molar-refractivity contribution in [3.63, 3.8) is 0 Å². The van der Waals surface area contributed by atoms with Gasteiger partial charge in [-0.2, -0.15) is 0 Å². The molecule has 3 heteroatoms. The molecule has 0 aromatic heterocycles. The lowest BCUT2D eigenvalue weighted by Gasteiger charge is -2.48. The van der Waals surface area contributed by atoms with Gasteiger partial charge in [0.15, 0.2) is 0 Å². The lowest BCUT2D eigenvalue weighted by Crippen LogP contribution is -2.41. The Kier molecular flexibility index (Phi) is 5.04. The molecule has 0 fully saturated rings. The van der Waals surface area contributed by atoms with Crippen molar-refractivity contribution in [3.05, 3.63) is 137 Å². The molecule has 0 aliphatic heterocycles. The maximum atomic E-state index is 6.40. The molecule has 4 aromatic carbocycles. The minimum absolute atomic E-state index is 0.232. The van der Waals surface area contributed by atoms with Crippen LogP contribution in [0.1, 0.15) is 44.9 Å². The van der Waals surface area contributed by atoms with Crippen molar-refractivity contribution < 1.29 is 0 Å². The summed E-state index contributed by atoms with van der Waals surface area (Å²) < 4.78 is 0.901. The van der Waals surface area contributed by atoms with Gasteiger partial charge in [-0.1, -0.05) is 108 Å². The van der Waals surface area contributed by atoms with E-state index in [1.165, 1.54) is 33.4 Å². The summed E-state index contributed by atoms with van der Waals surface area (Å²) in [5.41, 5.74) is 7.84. The Labute approximate surface area is 217 Å². The quantitative estimate of drug-likeness (QED) is 0.115. The van der Waals surface area contributed by atoms with E-state index in [-0.39, 0.29) is 5.92 Å². The summed E-state index contributed by atoms with van der Waals surface area (Å²) in [5, 5.41) is 0.994. The van der Waals surface area contributed by atoms with Crippen LogP contribution in [0.25, 0.3) is 0 Å². The van der Waals surface area contributed by atoms with E-state index in [0.29, 0.717) is 15.6 Å². The molecule has 0 nitrogen and oxygen atoms in total. The SMILES string of the molecule is Clc1c(I)ccc(C#CC#CC23c4ccccc4C(c4ccccc42)c2ccccc23)c1Cl. The first-order chi connectivity index (χ1) is 16.1. The molecule has 0 unspecified atom stereocenters. The van der Waals surface area contributed by atoms with Gasteiger partial charge in [0.1, 0.15) is 5.41 Å². The topological polar surface area (TPSA) is 0 Å². The Morgan fingerprint density at radius 2 is 1.15 bits per heavy atom. The Hall–Kier alpha value is -2.69. The molecular weight excluding hydrogens is 558 g/mol. The van der Waals surface area contributed by atoms with Gasteiger partial charge in [-0.05, 0) is 79.9 Å². The molecule has 3 aliphatic rings. The van der Waals surface area contributed by atoms with Gasteiger partial charge in [0.2, 0.25) is 0 Å². The lowest BCUT2D eigenvalue weighted by molar-refractivity contribution is 0.666. The van der Waals surface area contributed by atoms with E-state index in [1.54, 1.807) is 0 Å². The van der Waals surface area contributed by atoms with Crippen LogP contribution in [0.4, 0.5) is 0 Å². The molecule has 0 atom stereocenters. The second-order valence-electron chi connectivity index (χ2n) is 8.17. The van der Waals surface area contributed by atoms with Crippen molar-refractivity contribution in [3.8, 4) is 23.7 Å². The summed E-state index contributed by atoms with van der Waals surface area (Å²) in [6, 6.07) is 29.8. The summed E-state index contributed by atoms with van der Waals surface area (Å²) in [5.74, 6) is 13.2. The predicted molar refractivity (Wildman–Crippen MR) is 144 cm³/mol. The highest BCUT2D eigenvalue weighted by Gasteiger charge is 2.50. The number of benzene rings is 4. The number of halogens is 3. The third kappa shape index (κ3) is 3.00. The molecule has 0 heterocycles. The fourth-order valence-corrected chi connectivity index (χ4v) is 6.24. The van der Waals surface area contributed by atoms with Gasteiger partial charge >= 0.3 is 0 Å². The van der Waals surface area contributed by atoms with Crippen molar-refractivity contribution in [2.45, 2.75) is 11.3 Å². The van der Waals surface area contributed by atoms with Crippen LogP contribution in [0.3, 0.4) is 0 Å². The molecule has 4 aromatic rings. The highest BCUT2D eigenvalue weighted by atomic mass is 127. The Morgan fingerprint density at radius 1 is 0.636 bits per heavy atom. The van der Waals surface area contributed by atoms with Crippen LogP contribution >= 0.6 is 45.8 Å². The Balaban J connectivity index is 1.59. The van der Waals surface area contributed by atoms with Crippen molar-refractivity contribution in [2.24, 2.45) is 0 Å². The molecule has 3 aliphatic carbocycles. The Bertz CT molecular complexity index is 1460. The molecule has 0 saturated carbocycles. The maximum Gasteiger partial charge on any atom is 0.108 e. The van der Waals surface area contributed by atoms with Crippen molar-refractivity contribution in [1.29, 1.82) is 0 Å². The molecule has 0 radical (unpaired) electrons. The van der Waals surface area contributed by atoms with Gasteiger partial charge in [0.05, 0.1) is 10.0 Å². The normalized spacial score (nSPS) is 18.7. The van der Waals surface area contributed by atoms with Gasteiger partial charge in [-0.15, -0.1) is 0 Å². The molecule has 7 rings (SSSR count). The third-order valence-corrected chi connectivity index (χ3v) is 8.67. The van der Waals surface area contributed by atoms with Crippen molar-refractivity contribution in [1.82, 2.24) is 0 Å². The van der Waals surface area contributed by atoms with Crippen LogP contribution in [-0.4, -0.2) is 0 Å². The molecule has 0 N–H and O–H groups in total. The first kappa shape index (κ1) is 20.9. The summed E-state index contributed by atoms with van der Waals surface area (Å²) >= 11 is 14.9. The predicted octanol–water partition coefficient (Wildman–Crippen LogP) is 7.79. The zero-order valence-electron chi connectivity index (χ0n) is 17.3. The van der Waals surface area contributed by atoms with E-state index in [0.717, 1.165) is 3.57 Å². The second kappa shape index (κ2) is 7.96. The average molecular weight is 573 g/mol. The van der Waals surface area contributed by atoms with E-state index < -0.39 is 5.41 Å². The smallest absolute Gasteiger partial charge is 0.0815 e. The number of hydrogen-bond acceptors (Lipinski definition) is 0. The highest BCUT2D eigenvalue weighted by Crippen LogP contribution is 2.58. The fraction of sp³-hybridized carbons (Fsp3) is 0.0667. The number of rotatable bonds is 0. The van der Waals surface area contributed by atoms with E-state index in [1.807, 2.05) is 12.1 Å². The number of hydrogen-bond donors (Lipinski definition) is 0. The van der Waals surface area contributed by atoms with Crippen LogP contribution in [0, 0.1) is 27.3 Å². The fourth-order valence-electron chi connectivity index (χ4n) is 5.26. The standard InChI is InChI=1S/C30H15Cl2I/c31-28-19(16-17-26(33)29(28)32)9-7-8-18-30-23-13-4-1-10-20(23)27(21-11-2-5-14-24(21)30)22-12-3-6-15-25(22)30/h1-6,10-17,27H. The Morgan fingerprint density at radius 3 is 1.70 bits per heavy atom. The summed E-state index contributed by atoms with van der Waals surface area (Å²) in [6.07, 6.45) is 0. The van der Waals surface area contributed by atoms with E-state index >= 15 is 0 Å². The molecular formula is C30H15Cl2I. The van der Waals surface area contributed by atoms with Gasteiger partial charge in [0, 0.05) is 15.1 Å². The average Bonchev–Trinajstić information content (AvgIpc) is 2.86. The first-order valence-corrected chi connectivity index (χ1v) is 12.4. The zero-order valence-corrected chi connectivity index (χ0v) is 21.0. The van der Waals surface area contributed by atoms with Crippen molar-refractivity contribution in [2.75, 3.05) is 0 Å². The zero-order chi connectivity index (χ0) is 22.6. The second-order valence-corrected chi connectivity index (χ2v) is 10.1. The van der Waals surface area contributed by atoms with Crippen LogP contribution in [-0.2, 0) is 5.41 Å². The monoisotopic (exact) mass is 572 g/mol. The molecule has 156 valence electrons. The molecule has 0 saturated heterocycles. The van der Waals surface area contributed by atoms with Gasteiger partial charge in [0.25, 0.3) is 0 Å². The molecule has 33 heavy (non-hydrogen) atoms. The maximum absolute atomic E-state index is 6.40. The van der Waals surface area contributed by atoms with E-state index in [9.17, 15) is 0 Å². The summed E-state index contributed by atoms with van der Waals surface area (Å²) in [7, 11) is 0. The largest absolute Gasteiger partial charge is 0.108 e. The minimum atomic E-state index is -0.555. The minimum Gasteiger partial charge on any atom is -0.0815 e. The van der Waals surface area contributed by atoms with Gasteiger partial charge in [-0.3, -0.25) is 0 Å². The van der Waals surface area contributed by atoms with Crippen LogP contribution < -0.4 is 0 Å². The van der Waals surface area contributed by atoms with Crippen LogP contribution in [0.15, 0.2) is 84.9 Å². The van der Waals surface area contributed by atoms with Crippen LogP contribution in [0.2, 0.25) is 10.0 Å². The van der Waals surface area contributed by atoms with Crippen molar-refractivity contribution >= 4 is 45.8 Å². The molecule has 2 bridgehead atoms. The van der Waals surface area contributed by atoms with E-state index in [2.05, 4.69) is 119 Å². The first-order valence-electron chi connectivity index (χ1n) is 10.6. The van der Waals surface area contributed by atoms with E-state index in [4.69, 9.17) is 23.2 Å².